The SMILES string of the molecule is Cc1cccc(NC(=O)/C(C#N)=C\N2CCN(S(C)(=O)=O)CC2)c1. The fraction of sp³-hybridized carbons (Fsp3) is 0.375. The Kier molecular flexibility index (Phi) is 5.59. The quantitative estimate of drug-likeness (QED) is 0.645. The molecule has 1 saturated heterocycles. The fourth-order valence-corrected chi connectivity index (χ4v) is 3.23. The molecule has 1 N–H and O–H groups in total. The van der Waals surface area contributed by atoms with Crippen LogP contribution in [0, 0.1) is 18.3 Å². The number of amides is 1. The number of sulfonamides is 1. The number of benzene rings is 1. The summed E-state index contributed by atoms with van der Waals surface area (Å²) >= 11 is 0. The summed E-state index contributed by atoms with van der Waals surface area (Å²) in [7, 11) is -3.20. The van der Waals surface area contributed by atoms with Crippen LogP contribution in [0.2, 0.25) is 0 Å². The predicted octanol–water partition coefficient (Wildman–Crippen LogP) is 0.918. The summed E-state index contributed by atoms with van der Waals surface area (Å²) in [5.74, 6) is -0.478. The summed E-state index contributed by atoms with van der Waals surface area (Å²) in [5.41, 5.74) is 1.62. The van der Waals surface area contributed by atoms with Crippen molar-refractivity contribution >= 4 is 21.6 Å². The summed E-state index contributed by atoms with van der Waals surface area (Å²) in [4.78, 5) is 14.0. The van der Waals surface area contributed by atoms with E-state index in [2.05, 4.69) is 5.32 Å². The Morgan fingerprint density at radius 1 is 1.29 bits per heavy atom. The number of rotatable bonds is 4. The standard InChI is InChI=1S/C16H20N4O3S/c1-13-4-3-5-15(10-13)18-16(21)14(11-17)12-19-6-8-20(9-7-19)24(2,22)23/h3-5,10,12H,6-9H2,1-2H3,(H,18,21)/b14-12-. The summed E-state index contributed by atoms with van der Waals surface area (Å²) in [6.45, 7) is 3.48. The van der Waals surface area contributed by atoms with E-state index in [1.807, 2.05) is 31.2 Å². The lowest BCUT2D eigenvalue weighted by Crippen LogP contribution is -2.46. The molecule has 128 valence electrons. The molecule has 7 nitrogen and oxygen atoms in total. The van der Waals surface area contributed by atoms with Gasteiger partial charge in [-0.25, -0.2) is 8.42 Å². The number of hydrogen-bond acceptors (Lipinski definition) is 5. The van der Waals surface area contributed by atoms with E-state index in [9.17, 15) is 18.5 Å². The monoisotopic (exact) mass is 348 g/mol. The first-order valence-electron chi connectivity index (χ1n) is 7.49. The second-order valence-electron chi connectivity index (χ2n) is 5.68. The number of hydrogen-bond donors (Lipinski definition) is 1. The van der Waals surface area contributed by atoms with E-state index in [1.165, 1.54) is 16.8 Å². The minimum Gasteiger partial charge on any atom is -0.373 e. The van der Waals surface area contributed by atoms with Crippen molar-refractivity contribution < 1.29 is 13.2 Å². The van der Waals surface area contributed by atoms with Crippen molar-refractivity contribution in [1.29, 1.82) is 5.26 Å². The van der Waals surface area contributed by atoms with Crippen molar-refractivity contribution in [2.45, 2.75) is 6.92 Å². The molecule has 8 heteroatoms. The molecule has 0 saturated carbocycles. The van der Waals surface area contributed by atoms with E-state index < -0.39 is 15.9 Å². The highest BCUT2D eigenvalue weighted by atomic mass is 32.2. The Bertz CT molecular complexity index is 788. The first kappa shape index (κ1) is 18.0. The van der Waals surface area contributed by atoms with Crippen LogP contribution >= 0.6 is 0 Å². The largest absolute Gasteiger partial charge is 0.373 e. The number of piperazine rings is 1. The van der Waals surface area contributed by atoms with E-state index in [-0.39, 0.29) is 5.57 Å². The lowest BCUT2D eigenvalue weighted by Gasteiger charge is -2.32. The van der Waals surface area contributed by atoms with Gasteiger partial charge < -0.3 is 10.2 Å². The van der Waals surface area contributed by atoms with Crippen LogP contribution in [-0.2, 0) is 14.8 Å². The number of anilines is 1. The zero-order chi connectivity index (χ0) is 17.7. The van der Waals surface area contributed by atoms with Gasteiger partial charge in [-0.3, -0.25) is 4.79 Å². The normalized spacial score (nSPS) is 16.5. The van der Waals surface area contributed by atoms with Crippen LogP contribution in [0.25, 0.3) is 0 Å². The highest BCUT2D eigenvalue weighted by Gasteiger charge is 2.23. The van der Waals surface area contributed by atoms with Gasteiger partial charge in [-0.15, -0.1) is 0 Å². The smallest absolute Gasteiger partial charge is 0.267 e. The van der Waals surface area contributed by atoms with Crippen molar-refractivity contribution in [2.75, 3.05) is 37.8 Å². The van der Waals surface area contributed by atoms with Crippen molar-refractivity contribution in [3.63, 3.8) is 0 Å². The molecule has 1 amide bonds. The van der Waals surface area contributed by atoms with Crippen LogP contribution in [0.1, 0.15) is 5.56 Å². The highest BCUT2D eigenvalue weighted by molar-refractivity contribution is 7.88. The van der Waals surface area contributed by atoms with E-state index in [0.717, 1.165) is 5.56 Å². The predicted molar refractivity (Wildman–Crippen MR) is 91.5 cm³/mol. The Labute approximate surface area is 142 Å². The Balaban J connectivity index is 2.02. The van der Waals surface area contributed by atoms with Crippen molar-refractivity contribution in [1.82, 2.24) is 9.21 Å². The van der Waals surface area contributed by atoms with Gasteiger partial charge in [0.1, 0.15) is 11.6 Å². The molecule has 0 radical (unpaired) electrons. The molecule has 0 aliphatic carbocycles. The van der Waals surface area contributed by atoms with Gasteiger partial charge in [0.05, 0.1) is 6.26 Å². The maximum Gasteiger partial charge on any atom is 0.267 e. The Morgan fingerprint density at radius 2 is 1.96 bits per heavy atom. The molecule has 1 aromatic rings. The van der Waals surface area contributed by atoms with Crippen LogP contribution in [0.5, 0.6) is 0 Å². The molecule has 2 rings (SSSR count). The van der Waals surface area contributed by atoms with Gasteiger partial charge in [0.2, 0.25) is 10.0 Å². The molecular formula is C16H20N4O3S. The van der Waals surface area contributed by atoms with E-state index in [0.29, 0.717) is 31.9 Å². The maximum atomic E-state index is 12.2. The van der Waals surface area contributed by atoms with Crippen LogP contribution in [0.15, 0.2) is 36.0 Å². The summed E-state index contributed by atoms with van der Waals surface area (Å²) in [6, 6.07) is 9.21. The molecule has 0 atom stereocenters. The van der Waals surface area contributed by atoms with Crippen LogP contribution < -0.4 is 5.32 Å². The van der Waals surface area contributed by atoms with Gasteiger partial charge in [0.15, 0.2) is 0 Å². The van der Waals surface area contributed by atoms with Crippen molar-refractivity contribution in [3.05, 3.63) is 41.6 Å². The second-order valence-corrected chi connectivity index (χ2v) is 7.66. The summed E-state index contributed by atoms with van der Waals surface area (Å²) in [5, 5.41) is 11.9. The van der Waals surface area contributed by atoms with Gasteiger partial charge in [0, 0.05) is 38.1 Å². The van der Waals surface area contributed by atoms with E-state index in [4.69, 9.17) is 0 Å². The lowest BCUT2D eigenvalue weighted by atomic mass is 10.2. The van der Waals surface area contributed by atoms with Crippen LogP contribution in [0.4, 0.5) is 5.69 Å². The minimum atomic E-state index is -3.20. The van der Waals surface area contributed by atoms with Crippen molar-refractivity contribution in [3.8, 4) is 6.07 Å². The average Bonchev–Trinajstić information content (AvgIpc) is 2.52. The molecule has 1 heterocycles. The molecule has 1 aliphatic heterocycles. The zero-order valence-electron chi connectivity index (χ0n) is 13.7. The van der Waals surface area contributed by atoms with Gasteiger partial charge >= 0.3 is 0 Å². The highest BCUT2D eigenvalue weighted by Crippen LogP contribution is 2.12. The third-order valence-corrected chi connectivity index (χ3v) is 5.00. The Hall–Kier alpha value is -2.37. The van der Waals surface area contributed by atoms with Gasteiger partial charge in [-0.1, -0.05) is 12.1 Å². The molecule has 1 fully saturated rings. The number of nitrogens with zero attached hydrogens (tertiary/aromatic N) is 3. The first-order chi connectivity index (χ1) is 11.3. The molecular weight excluding hydrogens is 328 g/mol. The number of aryl methyl sites for hydroxylation is 1. The average molecular weight is 348 g/mol. The molecule has 24 heavy (non-hydrogen) atoms. The van der Waals surface area contributed by atoms with E-state index >= 15 is 0 Å². The third kappa shape index (κ3) is 4.81. The number of nitrogens with one attached hydrogen (secondary N) is 1. The lowest BCUT2D eigenvalue weighted by molar-refractivity contribution is -0.112. The third-order valence-electron chi connectivity index (χ3n) is 3.69. The van der Waals surface area contributed by atoms with Gasteiger partial charge in [0.25, 0.3) is 5.91 Å². The zero-order valence-corrected chi connectivity index (χ0v) is 14.5. The van der Waals surface area contributed by atoms with Gasteiger partial charge in [-0.2, -0.15) is 9.57 Å². The first-order valence-corrected chi connectivity index (χ1v) is 9.33. The summed E-state index contributed by atoms with van der Waals surface area (Å²) < 4.78 is 24.4. The number of nitriles is 1. The van der Waals surface area contributed by atoms with Crippen LogP contribution in [0.3, 0.4) is 0 Å². The Morgan fingerprint density at radius 3 is 2.50 bits per heavy atom. The maximum absolute atomic E-state index is 12.2. The van der Waals surface area contributed by atoms with Crippen LogP contribution in [-0.4, -0.2) is 56.0 Å². The molecule has 1 aromatic carbocycles. The summed E-state index contributed by atoms with van der Waals surface area (Å²) in [6.07, 6.45) is 2.67. The molecule has 0 spiro atoms. The fourth-order valence-electron chi connectivity index (χ4n) is 2.41. The molecule has 1 aliphatic rings. The van der Waals surface area contributed by atoms with E-state index in [1.54, 1.807) is 11.0 Å². The minimum absolute atomic E-state index is 0.00990. The van der Waals surface area contributed by atoms with Crippen molar-refractivity contribution in [2.24, 2.45) is 0 Å². The van der Waals surface area contributed by atoms with Gasteiger partial charge in [-0.05, 0) is 24.6 Å². The molecule has 0 bridgehead atoms. The topological polar surface area (TPSA) is 93.5 Å². The number of carbonyl (C=O) groups is 1. The molecule has 0 unspecified atom stereocenters. The second kappa shape index (κ2) is 7.47. The number of carbonyl (C=O) groups excluding carboxylic acids is 1. The molecule has 0 aromatic heterocycles.